The average Bonchev–Trinajstić information content (AvgIpc) is 3.23. The van der Waals surface area contributed by atoms with E-state index in [1.807, 2.05) is 0 Å². The molecule has 4 rings (SSSR count). The number of ether oxygens (including phenoxy) is 3. The number of allylic oxidation sites excluding steroid dienone is 1. The number of methoxy groups -OCH3 is 1. The summed E-state index contributed by atoms with van der Waals surface area (Å²) in [6.07, 6.45) is 4.25. The topological polar surface area (TPSA) is 122 Å². The van der Waals surface area contributed by atoms with Crippen molar-refractivity contribution in [1.82, 2.24) is 4.57 Å². The van der Waals surface area contributed by atoms with Gasteiger partial charge in [-0.3, -0.25) is 19.5 Å². The summed E-state index contributed by atoms with van der Waals surface area (Å²) in [5, 5.41) is 11.3. The van der Waals surface area contributed by atoms with Gasteiger partial charge in [-0.15, -0.1) is 0 Å². The van der Waals surface area contributed by atoms with Gasteiger partial charge in [0.25, 0.3) is 11.2 Å². The van der Waals surface area contributed by atoms with Crippen LogP contribution in [0.15, 0.2) is 63.5 Å². The van der Waals surface area contributed by atoms with Crippen LogP contribution in [0.1, 0.15) is 64.1 Å². The number of fused-ring (bicyclic) bond motifs is 1. The van der Waals surface area contributed by atoms with Crippen molar-refractivity contribution in [3.63, 3.8) is 0 Å². The van der Waals surface area contributed by atoms with Gasteiger partial charge < -0.3 is 14.2 Å². The molecule has 11 heteroatoms. The second-order valence-electron chi connectivity index (χ2n) is 9.85. The zero-order valence-electron chi connectivity index (χ0n) is 23.7. The molecule has 0 saturated carbocycles. The molecule has 1 unspecified atom stereocenters. The third kappa shape index (κ3) is 6.57. The number of aromatic nitrogens is 1. The molecule has 0 fully saturated rings. The maximum Gasteiger partial charge on any atom is 0.338 e. The molecule has 2 aromatic carbocycles. The van der Waals surface area contributed by atoms with Gasteiger partial charge in [0, 0.05) is 12.1 Å². The molecule has 0 bridgehead atoms. The molecule has 0 saturated heterocycles. The lowest BCUT2D eigenvalue weighted by Crippen LogP contribution is -2.40. The fourth-order valence-corrected chi connectivity index (χ4v) is 5.61. The Morgan fingerprint density at radius 3 is 2.66 bits per heavy atom. The zero-order valence-corrected chi connectivity index (χ0v) is 24.5. The molecular weight excluding hydrogens is 546 g/mol. The van der Waals surface area contributed by atoms with E-state index in [9.17, 15) is 19.7 Å². The van der Waals surface area contributed by atoms with Crippen molar-refractivity contribution in [2.24, 2.45) is 4.99 Å². The summed E-state index contributed by atoms with van der Waals surface area (Å²) >= 11 is 1.15. The second-order valence-corrected chi connectivity index (χ2v) is 10.9. The van der Waals surface area contributed by atoms with Gasteiger partial charge in [-0.05, 0) is 56.5 Å². The molecule has 3 aromatic rings. The minimum atomic E-state index is -0.840. The predicted molar refractivity (Wildman–Crippen MR) is 156 cm³/mol. The van der Waals surface area contributed by atoms with Gasteiger partial charge >= 0.3 is 5.97 Å². The lowest BCUT2D eigenvalue weighted by molar-refractivity contribution is -0.384. The highest BCUT2D eigenvalue weighted by molar-refractivity contribution is 7.07. The third-order valence-electron chi connectivity index (χ3n) is 6.47. The Labute approximate surface area is 241 Å². The number of hydrogen-bond acceptors (Lipinski definition) is 9. The van der Waals surface area contributed by atoms with E-state index in [1.165, 1.54) is 23.8 Å². The Kier molecular flexibility index (Phi) is 9.38. The summed E-state index contributed by atoms with van der Waals surface area (Å²) in [6.45, 7) is 7.89. The van der Waals surface area contributed by atoms with Crippen LogP contribution in [0.25, 0.3) is 6.08 Å². The van der Waals surface area contributed by atoms with E-state index in [1.54, 1.807) is 57.2 Å². The van der Waals surface area contributed by atoms with Crippen LogP contribution >= 0.6 is 11.3 Å². The lowest BCUT2D eigenvalue weighted by atomic mass is 9.95. The van der Waals surface area contributed by atoms with Crippen LogP contribution in [-0.2, 0) is 9.53 Å². The number of nitro benzene ring substituents is 1. The van der Waals surface area contributed by atoms with Crippen molar-refractivity contribution in [3.05, 3.63) is 94.7 Å². The fraction of sp³-hybridized carbons (Fsp3) is 0.367. The van der Waals surface area contributed by atoms with E-state index >= 15 is 0 Å². The van der Waals surface area contributed by atoms with Gasteiger partial charge in [0.2, 0.25) is 0 Å². The first-order valence-corrected chi connectivity index (χ1v) is 14.2. The van der Waals surface area contributed by atoms with Crippen LogP contribution in [0.4, 0.5) is 5.69 Å². The van der Waals surface area contributed by atoms with E-state index in [4.69, 9.17) is 14.2 Å². The molecule has 1 aliphatic heterocycles. The molecule has 0 N–H and O–H groups in total. The van der Waals surface area contributed by atoms with Gasteiger partial charge in [-0.25, -0.2) is 9.79 Å². The molecule has 1 aliphatic rings. The van der Waals surface area contributed by atoms with E-state index in [2.05, 4.69) is 11.9 Å². The van der Waals surface area contributed by atoms with Crippen LogP contribution in [-0.4, -0.2) is 35.3 Å². The van der Waals surface area contributed by atoms with Crippen LogP contribution in [0.3, 0.4) is 0 Å². The maximum atomic E-state index is 13.9. The Balaban J connectivity index is 1.87. The third-order valence-corrected chi connectivity index (χ3v) is 7.45. The summed E-state index contributed by atoms with van der Waals surface area (Å²) in [5.41, 5.74) is 1.34. The zero-order chi connectivity index (χ0) is 29.7. The molecule has 0 amide bonds. The SMILES string of the molecule is CCCCCOc1ccc(C2C(C(=O)OC(C)C)=C(C)N=c3sc(=Cc4cccc([N+](=O)[O-])c4)c(=O)n32)cc1OC. The van der Waals surface area contributed by atoms with E-state index in [0.717, 1.165) is 30.6 Å². The van der Waals surface area contributed by atoms with Gasteiger partial charge in [0.15, 0.2) is 16.3 Å². The van der Waals surface area contributed by atoms with Crippen molar-refractivity contribution in [2.75, 3.05) is 13.7 Å². The highest BCUT2D eigenvalue weighted by Gasteiger charge is 2.34. The van der Waals surface area contributed by atoms with Crippen molar-refractivity contribution >= 4 is 29.1 Å². The van der Waals surface area contributed by atoms with Crippen molar-refractivity contribution < 1.29 is 23.9 Å². The molecule has 0 aliphatic carbocycles. The molecule has 0 spiro atoms. The van der Waals surface area contributed by atoms with Gasteiger partial charge in [-0.1, -0.05) is 49.3 Å². The quantitative estimate of drug-likeness (QED) is 0.140. The van der Waals surface area contributed by atoms with Crippen molar-refractivity contribution in [1.29, 1.82) is 0 Å². The number of carbonyl (C=O) groups excluding carboxylic acids is 1. The van der Waals surface area contributed by atoms with Crippen molar-refractivity contribution in [2.45, 2.75) is 59.1 Å². The highest BCUT2D eigenvalue weighted by atomic mass is 32.1. The summed E-state index contributed by atoms with van der Waals surface area (Å²) in [7, 11) is 1.54. The molecular formula is C30H33N3O7S. The standard InChI is InChI=1S/C30H33N3O7S/c1-6-7-8-14-39-23-13-12-21(17-24(23)38-5)27-26(29(35)40-18(2)3)19(4)31-30-32(27)28(34)25(41-30)16-20-10-9-11-22(15-20)33(36)37/h9-13,15-18,27H,6-8,14H2,1-5H3. The van der Waals surface area contributed by atoms with Crippen LogP contribution in [0.5, 0.6) is 11.5 Å². The second kappa shape index (κ2) is 12.9. The first kappa shape index (κ1) is 29.7. The lowest BCUT2D eigenvalue weighted by Gasteiger charge is -2.26. The number of esters is 1. The largest absolute Gasteiger partial charge is 0.493 e. The number of nitrogens with zero attached hydrogens (tertiary/aromatic N) is 3. The number of carbonyl (C=O) groups is 1. The van der Waals surface area contributed by atoms with Crippen LogP contribution in [0.2, 0.25) is 0 Å². The summed E-state index contributed by atoms with van der Waals surface area (Å²) in [5.74, 6) is 0.472. The molecule has 1 aromatic heterocycles. The number of benzene rings is 2. The Morgan fingerprint density at radius 1 is 1.20 bits per heavy atom. The summed E-state index contributed by atoms with van der Waals surface area (Å²) < 4.78 is 18.9. The molecule has 216 valence electrons. The maximum absolute atomic E-state index is 13.9. The Hall–Kier alpha value is -4.25. The van der Waals surface area contributed by atoms with E-state index in [-0.39, 0.29) is 22.9 Å². The molecule has 2 heterocycles. The first-order chi connectivity index (χ1) is 19.6. The number of nitro groups is 1. The average molecular weight is 580 g/mol. The summed E-state index contributed by atoms with van der Waals surface area (Å²) in [4.78, 5) is 43.0. The van der Waals surface area contributed by atoms with Crippen LogP contribution < -0.4 is 24.4 Å². The predicted octanol–water partition coefficient (Wildman–Crippen LogP) is 4.67. The van der Waals surface area contributed by atoms with Gasteiger partial charge in [0.1, 0.15) is 0 Å². The summed E-state index contributed by atoms with van der Waals surface area (Å²) in [6, 6.07) is 10.5. The number of thiazole rings is 1. The van der Waals surface area contributed by atoms with E-state index in [0.29, 0.717) is 44.3 Å². The van der Waals surface area contributed by atoms with E-state index < -0.39 is 16.9 Å². The minimum absolute atomic E-state index is 0.0805. The van der Waals surface area contributed by atoms with Crippen molar-refractivity contribution in [3.8, 4) is 11.5 Å². The van der Waals surface area contributed by atoms with Gasteiger partial charge in [-0.2, -0.15) is 0 Å². The fourth-order valence-electron chi connectivity index (χ4n) is 4.56. The first-order valence-electron chi connectivity index (χ1n) is 13.4. The Morgan fingerprint density at radius 2 is 1.98 bits per heavy atom. The monoisotopic (exact) mass is 579 g/mol. The number of rotatable bonds is 11. The van der Waals surface area contributed by atoms with Crippen LogP contribution in [0, 0.1) is 10.1 Å². The minimum Gasteiger partial charge on any atom is -0.493 e. The normalized spacial score (nSPS) is 15.0. The molecule has 41 heavy (non-hydrogen) atoms. The number of unbranched alkanes of at least 4 members (excludes halogenated alkanes) is 2. The smallest absolute Gasteiger partial charge is 0.338 e. The molecule has 0 radical (unpaired) electrons. The van der Waals surface area contributed by atoms with Gasteiger partial charge in [0.05, 0.1) is 46.6 Å². The Bertz CT molecular complexity index is 1670. The number of hydrogen-bond donors (Lipinski definition) is 0. The molecule has 10 nitrogen and oxygen atoms in total. The molecule has 1 atom stereocenters. The highest BCUT2D eigenvalue weighted by Crippen LogP contribution is 2.36. The number of non-ortho nitro benzene ring substituents is 1.